The molecule has 0 aliphatic heterocycles. The number of thiophene rings is 1. The Balaban J connectivity index is 1.72. The van der Waals surface area contributed by atoms with Crippen molar-refractivity contribution < 1.29 is 14.3 Å². The van der Waals surface area contributed by atoms with E-state index in [1.54, 1.807) is 0 Å². The van der Waals surface area contributed by atoms with Gasteiger partial charge >= 0.3 is 5.97 Å². The first-order valence-corrected chi connectivity index (χ1v) is 11.6. The van der Waals surface area contributed by atoms with Crippen LogP contribution in [0.5, 0.6) is 0 Å². The number of carbonyl (C=O) groups is 2. The van der Waals surface area contributed by atoms with Crippen LogP contribution in [0.4, 0.5) is 5.00 Å². The second kappa shape index (κ2) is 9.92. The third-order valence-corrected chi connectivity index (χ3v) is 7.03. The van der Waals surface area contributed by atoms with Crippen molar-refractivity contribution in [2.45, 2.75) is 44.4 Å². The van der Waals surface area contributed by atoms with Gasteiger partial charge in [-0.25, -0.2) is 4.79 Å². The monoisotopic (exact) mass is 433 g/mol. The molecule has 31 heavy (non-hydrogen) atoms. The first-order chi connectivity index (χ1) is 15.2. The summed E-state index contributed by atoms with van der Waals surface area (Å²) in [6.45, 7) is 0. The van der Waals surface area contributed by atoms with E-state index in [-0.39, 0.29) is 11.9 Å². The highest BCUT2D eigenvalue weighted by Crippen LogP contribution is 2.38. The van der Waals surface area contributed by atoms with Gasteiger partial charge in [-0.05, 0) is 42.4 Å². The van der Waals surface area contributed by atoms with E-state index in [1.165, 1.54) is 36.2 Å². The third-order valence-electron chi connectivity index (χ3n) is 5.83. The van der Waals surface area contributed by atoms with Crippen molar-refractivity contribution >= 4 is 28.2 Å². The van der Waals surface area contributed by atoms with Gasteiger partial charge in [0.1, 0.15) is 5.00 Å². The van der Waals surface area contributed by atoms with Crippen molar-refractivity contribution in [1.82, 2.24) is 0 Å². The summed E-state index contributed by atoms with van der Waals surface area (Å²) in [5.74, 6) is -0.973. The van der Waals surface area contributed by atoms with Crippen molar-refractivity contribution in [3.8, 4) is 0 Å². The minimum Gasteiger partial charge on any atom is -0.465 e. The number of nitrogens with one attached hydrogen (secondary N) is 1. The minimum absolute atomic E-state index is 0.142. The Morgan fingerprint density at radius 2 is 1.45 bits per heavy atom. The van der Waals surface area contributed by atoms with Crippen LogP contribution in [0, 0.1) is 0 Å². The summed E-state index contributed by atoms with van der Waals surface area (Å²) in [5, 5.41) is 3.71. The van der Waals surface area contributed by atoms with Crippen LogP contribution in [-0.2, 0) is 22.4 Å². The van der Waals surface area contributed by atoms with E-state index >= 15 is 0 Å². The van der Waals surface area contributed by atoms with Gasteiger partial charge < -0.3 is 10.1 Å². The number of benzene rings is 2. The number of esters is 1. The first kappa shape index (κ1) is 21.3. The van der Waals surface area contributed by atoms with Gasteiger partial charge in [0.25, 0.3) is 0 Å². The molecule has 0 unspecified atom stereocenters. The second-order valence-corrected chi connectivity index (χ2v) is 8.96. The molecule has 0 saturated heterocycles. The fraction of sp³-hybridized carbons (Fsp3) is 0.308. The average molecular weight is 434 g/mol. The molecule has 0 bridgehead atoms. The molecule has 2 aromatic carbocycles. The molecule has 1 heterocycles. The normalized spacial score (nSPS) is 13.7. The molecule has 4 rings (SSSR count). The number of aryl methyl sites for hydroxylation is 1. The van der Waals surface area contributed by atoms with Gasteiger partial charge in [0.15, 0.2) is 0 Å². The van der Waals surface area contributed by atoms with Gasteiger partial charge in [-0.3, -0.25) is 4.79 Å². The molecule has 4 nitrogen and oxygen atoms in total. The number of hydrogen-bond donors (Lipinski definition) is 1. The van der Waals surface area contributed by atoms with Gasteiger partial charge in [-0.1, -0.05) is 73.5 Å². The van der Waals surface area contributed by atoms with Crippen LogP contribution in [0.3, 0.4) is 0 Å². The number of fused-ring (bicyclic) bond motifs is 1. The Bertz CT molecular complexity index is 1000. The van der Waals surface area contributed by atoms with Crippen LogP contribution >= 0.6 is 11.3 Å². The lowest BCUT2D eigenvalue weighted by molar-refractivity contribution is -0.116. The van der Waals surface area contributed by atoms with E-state index in [2.05, 4.69) is 5.32 Å². The number of anilines is 1. The van der Waals surface area contributed by atoms with E-state index in [1.807, 2.05) is 60.7 Å². The largest absolute Gasteiger partial charge is 0.465 e. The number of hydrogen-bond acceptors (Lipinski definition) is 4. The van der Waals surface area contributed by atoms with Crippen LogP contribution in [0.1, 0.15) is 63.5 Å². The molecule has 0 fully saturated rings. The Morgan fingerprint density at radius 1 is 0.871 bits per heavy atom. The fourth-order valence-electron chi connectivity index (χ4n) is 4.30. The molecule has 0 radical (unpaired) electrons. The zero-order valence-corrected chi connectivity index (χ0v) is 18.5. The summed E-state index contributed by atoms with van der Waals surface area (Å²) in [6.07, 6.45) is 6.34. The van der Waals surface area contributed by atoms with Gasteiger partial charge in [-0.2, -0.15) is 0 Å². The minimum atomic E-state index is -0.461. The Morgan fingerprint density at radius 3 is 2.03 bits per heavy atom. The molecule has 0 spiro atoms. The molecule has 1 aromatic heterocycles. The molecule has 1 N–H and O–H groups in total. The Labute approximate surface area is 187 Å². The lowest BCUT2D eigenvalue weighted by atomic mass is 9.90. The molecule has 160 valence electrons. The molecule has 1 amide bonds. The first-order valence-electron chi connectivity index (χ1n) is 10.8. The van der Waals surface area contributed by atoms with Crippen molar-refractivity contribution in [3.05, 3.63) is 87.8 Å². The van der Waals surface area contributed by atoms with Crippen molar-refractivity contribution in [3.63, 3.8) is 0 Å². The summed E-state index contributed by atoms with van der Waals surface area (Å²) < 4.78 is 5.10. The van der Waals surface area contributed by atoms with Crippen LogP contribution in [0.15, 0.2) is 60.7 Å². The molecular formula is C26H27NO3S. The van der Waals surface area contributed by atoms with Crippen molar-refractivity contribution in [2.24, 2.45) is 0 Å². The van der Waals surface area contributed by atoms with Crippen LogP contribution < -0.4 is 5.32 Å². The van der Waals surface area contributed by atoms with Gasteiger partial charge in [-0.15, -0.1) is 11.3 Å². The second-order valence-electron chi connectivity index (χ2n) is 7.86. The molecule has 1 aliphatic rings. The predicted molar refractivity (Wildman–Crippen MR) is 125 cm³/mol. The number of carbonyl (C=O) groups excluding carboxylic acids is 2. The zero-order chi connectivity index (χ0) is 21.6. The molecule has 5 heteroatoms. The highest BCUT2D eigenvalue weighted by molar-refractivity contribution is 7.17. The molecular weight excluding hydrogens is 406 g/mol. The summed E-state index contributed by atoms with van der Waals surface area (Å²) in [7, 11) is 1.40. The SMILES string of the molecule is COC(=O)c1c(NC(=O)C(c2ccccc2)c2ccccc2)sc2c1CCCCCC2. The summed E-state index contributed by atoms with van der Waals surface area (Å²) in [5.41, 5.74) is 3.43. The van der Waals surface area contributed by atoms with E-state index in [0.717, 1.165) is 42.4 Å². The predicted octanol–water partition coefficient (Wildman–Crippen LogP) is 5.96. The number of amides is 1. The van der Waals surface area contributed by atoms with E-state index in [9.17, 15) is 9.59 Å². The zero-order valence-electron chi connectivity index (χ0n) is 17.7. The number of ether oxygens (including phenoxy) is 1. The maximum Gasteiger partial charge on any atom is 0.341 e. The summed E-state index contributed by atoms with van der Waals surface area (Å²) in [6, 6.07) is 19.5. The van der Waals surface area contributed by atoms with E-state index < -0.39 is 5.92 Å². The van der Waals surface area contributed by atoms with Crippen LogP contribution in [0.25, 0.3) is 0 Å². The molecule has 3 aromatic rings. The third kappa shape index (κ3) is 4.72. The van der Waals surface area contributed by atoms with Crippen LogP contribution in [-0.4, -0.2) is 19.0 Å². The van der Waals surface area contributed by atoms with Gasteiger partial charge in [0.2, 0.25) is 5.91 Å². The average Bonchev–Trinajstić information content (AvgIpc) is 3.10. The van der Waals surface area contributed by atoms with E-state index in [4.69, 9.17) is 4.74 Å². The van der Waals surface area contributed by atoms with E-state index in [0.29, 0.717) is 10.6 Å². The smallest absolute Gasteiger partial charge is 0.341 e. The van der Waals surface area contributed by atoms with Crippen molar-refractivity contribution in [1.29, 1.82) is 0 Å². The van der Waals surface area contributed by atoms with Crippen LogP contribution in [0.2, 0.25) is 0 Å². The molecule has 0 saturated carbocycles. The number of rotatable bonds is 5. The number of methoxy groups -OCH3 is 1. The Hall–Kier alpha value is -2.92. The lowest BCUT2D eigenvalue weighted by Crippen LogP contribution is -2.23. The lowest BCUT2D eigenvalue weighted by Gasteiger charge is -2.18. The quantitative estimate of drug-likeness (QED) is 0.505. The van der Waals surface area contributed by atoms with Gasteiger partial charge in [0.05, 0.1) is 18.6 Å². The van der Waals surface area contributed by atoms with Gasteiger partial charge in [0, 0.05) is 4.88 Å². The summed E-state index contributed by atoms with van der Waals surface area (Å²) in [4.78, 5) is 27.5. The Kier molecular flexibility index (Phi) is 6.82. The fourth-order valence-corrected chi connectivity index (χ4v) is 5.58. The van der Waals surface area contributed by atoms with Crippen molar-refractivity contribution in [2.75, 3.05) is 12.4 Å². The maximum atomic E-state index is 13.6. The highest BCUT2D eigenvalue weighted by atomic mass is 32.1. The molecule has 1 aliphatic carbocycles. The summed E-state index contributed by atoms with van der Waals surface area (Å²) >= 11 is 1.53. The molecule has 0 atom stereocenters. The highest BCUT2D eigenvalue weighted by Gasteiger charge is 2.29. The topological polar surface area (TPSA) is 55.4 Å². The standard InChI is InChI=1S/C26H27NO3S/c1-30-26(29)23-20-16-10-2-3-11-17-21(20)31-25(23)27-24(28)22(18-12-6-4-7-13-18)19-14-8-5-9-15-19/h4-9,12-15,22H,2-3,10-11,16-17H2,1H3,(H,27,28). The maximum absolute atomic E-state index is 13.6.